The van der Waals surface area contributed by atoms with Gasteiger partial charge in [0.25, 0.3) is 11.8 Å². The molecule has 1 aliphatic carbocycles. The first kappa shape index (κ1) is 22.5. The number of fused-ring (bicyclic) bond motifs is 1. The number of ether oxygens (including phenoxy) is 1. The van der Waals surface area contributed by atoms with Crippen LogP contribution in [0.5, 0.6) is 0 Å². The number of amides is 2. The summed E-state index contributed by atoms with van der Waals surface area (Å²) in [4.78, 5) is 39.3. The monoisotopic (exact) mass is 458 g/mol. The van der Waals surface area contributed by atoms with Gasteiger partial charge < -0.3 is 14.5 Å². The van der Waals surface area contributed by atoms with Gasteiger partial charge >= 0.3 is 0 Å². The van der Waals surface area contributed by atoms with Crippen molar-refractivity contribution in [1.82, 2.24) is 19.8 Å². The van der Waals surface area contributed by atoms with Gasteiger partial charge in [-0.15, -0.1) is 0 Å². The van der Waals surface area contributed by atoms with E-state index in [1.54, 1.807) is 11.1 Å². The number of aryl methyl sites for hydroxylation is 1. The molecule has 1 aliphatic heterocycles. The third-order valence-corrected chi connectivity index (χ3v) is 6.82. The van der Waals surface area contributed by atoms with Crippen molar-refractivity contribution in [1.29, 1.82) is 0 Å². The zero-order valence-electron chi connectivity index (χ0n) is 19.5. The Balaban J connectivity index is 1.31. The molecule has 3 aromatic rings. The predicted octanol–water partition coefficient (Wildman–Crippen LogP) is 3.86. The Labute approximate surface area is 199 Å². The van der Waals surface area contributed by atoms with E-state index in [2.05, 4.69) is 9.97 Å². The number of benzene rings is 2. The molecule has 2 amide bonds. The molecule has 176 valence electrons. The van der Waals surface area contributed by atoms with Crippen molar-refractivity contribution >= 4 is 22.8 Å². The summed E-state index contributed by atoms with van der Waals surface area (Å²) in [6.07, 6.45) is 5.61. The van der Waals surface area contributed by atoms with Crippen molar-refractivity contribution in [2.45, 2.75) is 44.8 Å². The molecular formula is C27H30N4O3. The highest BCUT2D eigenvalue weighted by molar-refractivity contribution is 5.95. The van der Waals surface area contributed by atoms with Crippen LogP contribution in [0, 0.1) is 6.92 Å². The van der Waals surface area contributed by atoms with E-state index in [0.29, 0.717) is 43.0 Å². The number of hydrogen-bond donors (Lipinski definition) is 0. The molecule has 0 spiro atoms. The fraction of sp³-hybridized carbons (Fsp3) is 0.407. The number of carbonyl (C=O) groups is 2. The third-order valence-electron chi connectivity index (χ3n) is 6.82. The lowest BCUT2D eigenvalue weighted by atomic mass is 10.1. The Morgan fingerprint density at radius 3 is 2.56 bits per heavy atom. The smallest absolute Gasteiger partial charge is 0.274 e. The van der Waals surface area contributed by atoms with Gasteiger partial charge in [0.1, 0.15) is 5.69 Å². The average Bonchev–Trinajstić information content (AvgIpc) is 3.41. The maximum Gasteiger partial charge on any atom is 0.274 e. The molecule has 7 heteroatoms. The Morgan fingerprint density at radius 2 is 1.79 bits per heavy atom. The van der Waals surface area contributed by atoms with Crippen LogP contribution in [0.4, 0.5) is 0 Å². The summed E-state index contributed by atoms with van der Waals surface area (Å²) in [5.74, 6) is -0.108. The second-order valence-electron chi connectivity index (χ2n) is 9.25. The fourth-order valence-electron chi connectivity index (χ4n) is 4.93. The van der Waals surface area contributed by atoms with E-state index >= 15 is 0 Å². The predicted molar refractivity (Wildman–Crippen MR) is 130 cm³/mol. The second kappa shape index (κ2) is 9.89. The van der Waals surface area contributed by atoms with Gasteiger partial charge in [-0.3, -0.25) is 14.6 Å². The highest BCUT2D eigenvalue weighted by Gasteiger charge is 2.33. The Kier molecular flexibility index (Phi) is 6.54. The van der Waals surface area contributed by atoms with Crippen molar-refractivity contribution in [3.8, 4) is 0 Å². The van der Waals surface area contributed by atoms with Crippen LogP contribution in [0.2, 0.25) is 0 Å². The number of nitrogens with zero attached hydrogens (tertiary/aromatic N) is 4. The highest BCUT2D eigenvalue weighted by atomic mass is 16.5. The molecule has 0 N–H and O–H groups in total. The van der Waals surface area contributed by atoms with Crippen molar-refractivity contribution in [2.75, 3.05) is 26.2 Å². The van der Waals surface area contributed by atoms with Gasteiger partial charge in [0.15, 0.2) is 0 Å². The number of hydrogen-bond acceptors (Lipinski definition) is 5. The SMILES string of the molecule is Cc1ccc(C(=O)N(CC2CN(C(=O)c3cnc4ccccc4n3)CCO2)C2CCCC2)cc1. The molecule has 0 bridgehead atoms. The number of morpholine rings is 1. The normalized spacial score (nSPS) is 18.9. The zero-order chi connectivity index (χ0) is 23.5. The van der Waals surface area contributed by atoms with E-state index in [-0.39, 0.29) is 24.0 Å². The number of para-hydroxylation sites is 2. The molecule has 34 heavy (non-hydrogen) atoms. The molecule has 1 saturated carbocycles. The molecule has 1 atom stereocenters. The van der Waals surface area contributed by atoms with Gasteiger partial charge in [0.05, 0.1) is 29.9 Å². The Morgan fingerprint density at radius 1 is 1.06 bits per heavy atom. The van der Waals surface area contributed by atoms with Crippen molar-refractivity contribution in [2.24, 2.45) is 0 Å². The maximum atomic E-state index is 13.4. The van der Waals surface area contributed by atoms with E-state index in [1.807, 2.05) is 60.4 Å². The van der Waals surface area contributed by atoms with Gasteiger partial charge in [0.2, 0.25) is 0 Å². The van der Waals surface area contributed by atoms with E-state index in [9.17, 15) is 9.59 Å². The standard InChI is InChI=1S/C27H30N4O3/c1-19-10-12-20(13-11-19)26(32)31(21-6-2-3-7-21)18-22-17-30(14-15-34-22)27(33)25-16-28-23-8-4-5-9-24(23)29-25/h4-5,8-13,16,21-22H,2-3,6-7,14-15,17-18H2,1H3. The minimum absolute atomic E-state index is 0.0411. The van der Waals surface area contributed by atoms with Crippen LogP contribution in [-0.4, -0.2) is 70.0 Å². The molecule has 2 fully saturated rings. The van der Waals surface area contributed by atoms with Crippen molar-refractivity contribution < 1.29 is 14.3 Å². The van der Waals surface area contributed by atoms with Gasteiger partial charge in [-0.1, -0.05) is 42.7 Å². The van der Waals surface area contributed by atoms with Crippen LogP contribution in [0.3, 0.4) is 0 Å². The summed E-state index contributed by atoms with van der Waals surface area (Å²) in [5, 5.41) is 0. The number of rotatable bonds is 5. The maximum absolute atomic E-state index is 13.4. The van der Waals surface area contributed by atoms with E-state index in [4.69, 9.17) is 4.74 Å². The minimum atomic E-state index is -0.235. The summed E-state index contributed by atoms with van der Waals surface area (Å²) < 4.78 is 6.04. The van der Waals surface area contributed by atoms with Gasteiger partial charge in [-0.05, 0) is 44.0 Å². The molecule has 2 aromatic carbocycles. The molecule has 1 unspecified atom stereocenters. The van der Waals surface area contributed by atoms with Gasteiger partial charge in [-0.25, -0.2) is 4.98 Å². The lowest BCUT2D eigenvalue weighted by Gasteiger charge is -2.37. The summed E-state index contributed by atoms with van der Waals surface area (Å²) in [6, 6.07) is 15.5. The topological polar surface area (TPSA) is 75.6 Å². The average molecular weight is 459 g/mol. The fourth-order valence-corrected chi connectivity index (χ4v) is 4.93. The van der Waals surface area contributed by atoms with Gasteiger partial charge in [0, 0.05) is 31.2 Å². The van der Waals surface area contributed by atoms with E-state index in [0.717, 1.165) is 36.8 Å². The Bertz CT molecular complexity index is 1170. The summed E-state index contributed by atoms with van der Waals surface area (Å²) in [7, 11) is 0. The molecule has 1 aromatic heterocycles. The quantitative estimate of drug-likeness (QED) is 0.580. The largest absolute Gasteiger partial charge is 0.373 e. The molecule has 5 rings (SSSR count). The highest BCUT2D eigenvalue weighted by Crippen LogP contribution is 2.26. The second-order valence-corrected chi connectivity index (χ2v) is 9.25. The summed E-state index contributed by atoms with van der Waals surface area (Å²) in [6.45, 7) is 3.86. The summed E-state index contributed by atoms with van der Waals surface area (Å²) >= 11 is 0. The van der Waals surface area contributed by atoms with Crippen molar-refractivity contribution in [3.05, 3.63) is 71.5 Å². The molecule has 2 heterocycles. The van der Waals surface area contributed by atoms with Crippen LogP contribution >= 0.6 is 0 Å². The minimum Gasteiger partial charge on any atom is -0.373 e. The molecule has 2 aliphatic rings. The van der Waals surface area contributed by atoms with E-state index < -0.39 is 0 Å². The van der Waals surface area contributed by atoms with Crippen LogP contribution < -0.4 is 0 Å². The Hall–Kier alpha value is -3.32. The number of aromatic nitrogens is 2. The molecule has 1 saturated heterocycles. The lowest BCUT2D eigenvalue weighted by Crippen LogP contribution is -2.52. The molecule has 7 nitrogen and oxygen atoms in total. The first-order chi connectivity index (χ1) is 16.6. The number of carbonyl (C=O) groups excluding carboxylic acids is 2. The summed E-state index contributed by atoms with van der Waals surface area (Å²) in [5.41, 5.74) is 3.64. The first-order valence-corrected chi connectivity index (χ1v) is 12.1. The molecular weight excluding hydrogens is 428 g/mol. The third kappa shape index (κ3) is 4.80. The van der Waals surface area contributed by atoms with Crippen molar-refractivity contribution in [3.63, 3.8) is 0 Å². The van der Waals surface area contributed by atoms with Crippen LogP contribution in [0.25, 0.3) is 11.0 Å². The van der Waals surface area contributed by atoms with E-state index in [1.165, 1.54) is 0 Å². The van der Waals surface area contributed by atoms with Crippen LogP contribution in [-0.2, 0) is 4.74 Å². The van der Waals surface area contributed by atoms with Gasteiger partial charge in [-0.2, -0.15) is 0 Å². The lowest BCUT2D eigenvalue weighted by molar-refractivity contribution is -0.0372. The molecule has 0 radical (unpaired) electrons. The zero-order valence-corrected chi connectivity index (χ0v) is 19.5. The first-order valence-electron chi connectivity index (χ1n) is 12.1. The van der Waals surface area contributed by atoms with Crippen LogP contribution in [0.15, 0.2) is 54.7 Å². The van der Waals surface area contributed by atoms with Crippen LogP contribution in [0.1, 0.15) is 52.1 Å².